The Morgan fingerprint density at radius 2 is 1.89 bits per heavy atom. The van der Waals surface area contributed by atoms with Crippen LogP contribution in [0, 0.1) is 11.3 Å². The van der Waals surface area contributed by atoms with E-state index in [4.69, 9.17) is 5.73 Å². The van der Waals surface area contributed by atoms with Crippen molar-refractivity contribution in [3.05, 3.63) is 0 Å². The molecule has 0 aromatic heterocycles. The van der Waals surface area contributed by atoms with E-state index in [1.807, 2.05) is 6.92 Å². The summed E-state index contributed by atoms with van der Waals surface area (Å²) >= 11 is 0. The second kappa shape index (κ2) is 8.69. The van der Waals surface area contributed by atoms with E-state index in [0.29, 0.717) is 24.6 Å². The highest BCUT2D eigenvalue weighted by atomic mass is 32.2. The van der Waals surface area contributed by atoms with E-state index in [0.717, 1.165) is 12.8 Å². The lowest BCUT2D eigenvalue weighted by Crippen LogP contribution is -2.36. The highest BCUT2D eigenvalue weighted by Gasteiger charge is 2.24. The van der Waals surface area contributed by atoms with Gasteiger partial charge in [0.25, 0.3) is 0 Å². The average Bonchev–Trinajstić information content (AvgIpc) is 2.20. The first-order valence-electron chi connectivity index (χ1n) is 6.96. The lowest BCUT2D eigenvalue weighted by Gasteiger charge is -2.30. The number of rotatable bonds is 8. The van der Waals surface area contributed by atoms with Gasteiger partial charge in [-0.15, -0.1) is 0 Å². The fraction of sp³-hybridized carbons (Fsp3) is 0.929. The highest BCUT2D eigenvalue weighted by Crippen LogP contribution is 2.31. The molecule has 0 radical (unpaired) electrons. The van der Waals surface area contributed by atoms with Gasteiger partial charge in [-0.3, -0.25) is 9.00 Å². The maximum atomic E-state index is 11.8. The minimum Gasteiger partial charge on any atom is -0.353 e. The fourth-order valence-corrected chi connectivity index (χ4v) is 3.05. The Labute approximate surface area is 120 Å². The number of nitrogens with two attached hydrogens (primary N) is 1. The van der Waals surface area contributed by atoms with Gasteiger partial charge in [-0.1, -0.05) is 20.8 Å². The van der Waals surface area contributed by atoms with Crippen molar-refractivity contribution in [2.75, 3.05) is 18.6 Å². The third-order valence-corrected chi connectivity index (χ3v) is 4.32. The molecule has 0 aliphatic carbocycles. The minimum atomic E-state index is -0.873. The molecule has 0 saturated carbocycles. The molecule has 0 heterocycles. The van der Waals surface area contributed by atoms with Crippen LogP contribution in [0.5, 0.6) is 0 Å². The minimum absolute atomic E-state index is 0.0269. The lowest BCUT2D eigenvalue weighted by molar-refractivity contribution is -0.122. The van der Waals surface area contributed by atoms with E-state index in [1.165, 1.54) is 0 Å². The normalized spacial score (nSPS) is 16.7. The van der Waals surface area contributed by atoms with Crippen molar-refractivity contribution in [1.82, 2.24) is 5.32 Å². The van der Waals surface area contributed by atoms with E-state index in [2.05, 4.69) is 26.1 Å². The Kier molecular flexibility index (Phi) is 8.50. The average molecular weight is 290 g/mol. The van der Waals surface area contributed by atoms with Gasteiger partial charge < -0.3 is 11.1 Å². The predicted molar refractivity (Wildman–Crippen MR) is 82.4 cm³/mol. The summed E-state index contributed by atoms with van der Waals surface area (Å²) in [5, 5.41) is 2.90. The van der Waals surface area contributed by atoms with Crippen LogP contribution in [0.25, 0.3) is 0 Å². The molecule has 0 aliphatic heterocycles. The molecule has 0 aromatic rings. The standard InChI is InChI=1S/C14H30N2O2S/c1-11(10-19(5)18)16-13(17)7-6-12(8-9-15)14(2,3)4/h11-12H,6-10,15H2,1-5H3,(H,16,17). The number of amides is 1. The smallest absolute Gasteiger partial charge is 0.220 e. The maximum Gasteiger partial charge on any atom is 0.220 e. The van der Waals surface area contributed by atoms with E-state index >= 15 is 0 Å². The number of hydrogen-bond acceptors (Lipinski definition) is 3. The first-order valence-corrected chi connectivity index (χ1v) is 8.69. The largest absolute Gasteiger partial charge is 0.353 e. The van der Waals surface area contributed by atoms with Gasteiger partial charge in [-0.05, 0) is 37.6 Å². The third kappa shape index (κ3) is 9.16. The molecule has 3 atom stereocenters. The van der Waals surface area contributed by atoms with Gasteiger partial charge in [0.1, 0.15) is 0 Å². The Bertz CT molecular complexity index is 300. The van der Waals surface area contributed by atoms with Crippen molar-refractivity contribution in [2.45, 2.75) is 53.0 Å². The van der Waals surface area contributed by atoms with Crippen molar-refractivity contribution in [3.8, 4) is 0 Å². The molecule has 1 amide bonds. The van der Waals surface area contributed by atoms with Gasteiger partial charge in [-0.25, -0.2) is 0 Å². The van der Waals surface area contributed by atoms with Gasteiger partial charge in [0.15, 0.2) is 0 Å². The van der Waals surface area contributed by atoms with E-state index in [-0.39, 0.29) is 17.4 Å². The zero-order chi connectivity index (χ0) is 15.1. The molecule has 3 N–H and O–H groups in total. The summed E-state index contributed by atoms with van der Waals surface area (Å²) in [6.07, 6.45) is 3.97. The maximum absolute atomic E-state index is 11.8. The third-order valence-electron chi connectivity index (χ3n) is 3.35. The van der Waals surface area contributed by atoms with E-state index < -0.39 is 10.8 Å². The molecule has 0 bridgehead atoms. The SMILES string of the molecule is CC(CS(C)=O)NC(=O)CCC(CCN)C(C)(C)C. The quantitative estimate of drug-likeness (QED) is 0.714. The number of nitrogens with one attached hydrogen (secondary N) is 1. The van der Waals surface area contributed by atoms with Crippen LogP contribution >= 0.6 is 0 Å². The van der Waals surface area contributed by atoms with Crippen molar-refractivity contribution in [3.63, 3.8) is 0 Å². The Morgan fingerprint density at radius 1 is 1.32 bits per heavy atom. The molecule has 114 valence electrons. The molecule has 19 heavy (non-hydrogen) atoms. The molecule has 0 rings (SSSR count). The van der Waals surface area contributed by atoms with Crippen molar-refractivity contribution >= 4 is 16.7 Å². The topological polar surface area (TPSA) is 72.2 Å². The summed E-state index contributed by atoms with van der Waals surface area (Å²) in [4.78, 5) is 11.8. The summed E-state index contributed by atoms with van der Waals surface area (Å²) in [6, 6.07) is -0.0269. The lowest BCUT2D eigenvalue weighted by atomic mass is 9.76. The molecule has 5 heteroatoms. The Balaban J connectivity index is 4.15. The molecule has 0 aliphatic rings. The van der Waals surface area contributed by atoms with Crippen LogP contribution in [0.2, 0.25) is 0 Å². The number of hydrogen-bond donors (Lipinski definition) is 2. The molecule has 3 unspecified atom stereocenters. The molecular weight excluding hydrogens is 260 g/mol. The van der Waals surface area contributed by atoms with Gasteiger partial charge >= 0.3 is 0 Å². The van der Waals surface area contributed by atoms with Gasteiger partial charge in [0.2, 0.25) is 5.91 Å². The molecule has 4 nitrogen and oxygen atoms in total. The van der Waals surface area contributed by atoms with Crippen LogP contribution in [-0.4, -0.2) is 34.7 Å². The van der Waals surface area contributed by atoms with Crippen LogP contribution < -0.4 is 11.1 Å². The molecule has 0 aromatic carbocycles. The van der Waals surface area contributed by atoms with Gasteiger partial charge in [-0.2, -0.15) is 0 Å². The van der Waals surface area contributed by atoms with Crippen LogP contribution in [0.15, 0.2) is 0 Å². The molecule has 0 spiro atoms. The van der Waals surface area contributed by atoms with Crippen LogP contribution in [0.1, 0.15) is 47.0 Å². The first kappa shape index (κ1) is 18.6. The molecule has 0 fully saturated rings. The van der Waals surface area contributed by atoms with Crippen molar-refractivity contribution < 1.29 is 9.00 Å². The van der Waals surface area contributed by atoms with E-state index in [9.17, 15) is 9.00 Å². The van der Waals surface area contributed by atoms with Crippen molar-refractivity contribution in [1.29, 1.82) is 0 Å². The first-order chi connectivity index (χ1) is 8.66. The Hall–Kier alpha value is -0.420. The molecular formula is C14H30N2O2S. The second-order valence-corrected chi connectivity index (χ2v) is 7.87. The highest BCUT2D eigenvalue weighted by molar-refractivity contribution is 7.84. The van der Waals surface area contributed by atoms with Crippen LogP contribution in [-0.2, 0) is 15.6 Å². The zero-order valence-electron chi connectivity index (χ0n) is 13.0. The summed E-state index contributed by atoms with van der Waals surface area (Å²) in [5.74, 6) is 1.01. The summed E-state index contributed by atoms with van der Waals surface area (Å²) in [7, 11) is -0.873. The fourth-order valence-electron chi connectivity index (χ4n) is 2.26. The van der Waals surface area contributed by atoms with Crippen LogP contribution in [0.4, 0.5) is 0 Å². The number of carbonyl (C=O) groups is 1. The van der Waals surface area contributed by atoms with Crippen LogP contribution in [0.3, 0.4) is 0 Å². The Morgan fingerprint density at radius 3 is 2.32 bits per heavy atom. The van der Waals surface area contributed by atoms with Crippen molar-refractivity contribution in [2.24, 2.45) is 17.1 Å². The second-order valence-electron chi connectivity index (χ2n) is 6.39. The summed E-state index contributed by atoms with van der Waals surface area (Å²) < 4.78 is 11.1. The van der Waals surface area contributed by atoms with Gasteiger partial charge in [0.05, 0.1) is 0 Å². The van der Waals surface area contributed by atoms with E-state index in [1.54, 1.807) is 6.26 Å². The summed E-state index contributed by atoms with van der Waals surface area (Å²) in [5.41, 5.74) is 5.81. The number of carbonyl (C=O) groups excluding carboxylic acids is 1. The summed E-state index contributed by atoms with van der Waals surface area (Å²) in [6.45, 7) is 9.12. The molecule has 0 saturated heterocycles. The zero-order valence-corrected chi connectivity index (χ0v) is 13.8. The monoisotopic (exact) mass is 290 g/mol. The van der Waals surface area contributed by atoms with Gasteiger partial charge in [0, 0.05) is 35.3 Å². The predicted octanol–water partition coefficient (Wildman–Crippen LogP) is 1.66.